The van der Waals surface area contributed by atoms with Gasteiger partial charge in [-0.05, 0) is 41.7 Å². The first-order valence-electron chi connectivity index (χ1n) is 8.43. The van der Waals surface area contributed by atoms with Crippen molar-refractivity contribution in [2.45, 2.75) is 18.9 Å². The molecule has 0 radical (unpaired) electrons. The number of hydrogen-bond acceptors (Lipinski definition) is 3. The monoisotopic (exact) mass is 380 g/mol. The highest BCUT2D eigenvalue weighted by Crippen LogP contribution is 2.39. The number of aryl methyl sites for hydroxylation is 2. The molecule has 27 heavy (non-hydrogen) atoms. The average molecular weight is 380 g/mol. The quantitative estimate of drug-likeness (QED) is 0.710. The SMILES string of the molecule is N#CC(NC(=O)c1cc2c(s1)-c1ccccc1CC2)c1ccc(F)cc1F. The van der Waals surface area contributed by atoms with Gasteiger partial charge in [0.25, 0.3) is 5.91 Å². The lowest BCUT2D eigenvalue weighted by molar-refractivity contribution is 0.0948. The maximum atomic E-state index is 14.0. The molecular formula is C21H14F2N2OS. The van der Waals surface area contributed by atoms with Gasteiger partial charge in [-0.25, -0.2) is 8.78 Å². The molecule has 1 N–H and O–H groups in total. The molecule has 0 saturated carbocycles. The third kappa shape index (κ3) is 3.22. The number of halogens is 2. The summed E-state index contributed by atoms with van der Waals surface area (Å²) in [6, 6.07) is 13.5. The van der Waals surface area contributed by atoms with Gasteiger partial charge in [0.05, 0.1) is 10.9 Å². The predicted molar refractivity (Wildman–Crippen MR) is 99.3 cm³/mol. The number of carbonyl (C=O) groups is 1. The van der Waals surface area contributed by atoms with E-state index in [1.165, 1.54) is 23.0 Å². The second-order valence-electron chi connectivity index (χ2n) is 6.32. The Labute approximate surface area is 158 Å². The lowest BCUT2D eigenvalue weighted by Gasteiger charge is -2.15. The molecule has 1 aliphatic rings. The summed E-state index contributed by atoms with van der Waals surface area (Å²) in [5, 5.41) is 11.9. The van der Waals surface area contributed by atoms with Crippen LogP contribution in [0.15, 0.2) is 48.5 Å². The number of amides is 1. The Hall–Kier alpha value is -3.04. The molecule has 2 aromatic carbocycles. The van der Waals surface area contributed by atoms with Crippen molar-refractivity contribution in [3.63, 3.8) is 0 Å². The van der Waals surface area contributed by atoms with Gasteiger partial charge in [0.2, 0.25) is 0 Å². The Bertz CT molecular complexity index is 1080. The van der Waals surface area contributed by atoms with Crippen LogP contribution < -0.4 is 5.32 Å². The van der Waals surface area contributed by atoms with Crippen LogP contribution in [0.5, 0.6) is 0 Å². The fraction of sp³-hybridized carbons (Fsp3) is 0.143. The normalized spacial score (nSPS) is 13.2. The van der Waals surface area contributed by atoms with Crippen molar-refractivity contribution in [3.8, 4) is 16.5 Å². The van der Waals surface area contributed by atoms with E-state index in [4.69, 9.17) is 0 Å². The molecule has 1 amide bonds. The van der Waals surface area contributed by atoms with Crippen LogP contribution in [-0.2, 0) is 12.8 Å². The van der Waals surface area contributed by atoms with E-state index in [0.29, 0.717) is 10.9 Å². The summed E-state index contributed by atoms with van der Waals surface area (Å²) in [6.45, 7) is 0. The molecule has 0 bridgehead atoms. The number of nitrogens with zero attached hydrogens (tertiary/aromatic N) is 1. The number of carbonyl (C=O) groups excluding carboxylic acids is 1. The maximum absolute atomic E-state index is 14.0. The highest BCUT2D eigenvalue weighted by atomic mass is 32.1. The second-order valence-corrected chi connectivity index (χ2v) is 7.38. The molecule has 0 aliphatic heterocycles. The summed E-state index contributed by atoms with van der Waals surface area (Å²) >= 11 is 1.37. The molecule has 134 valence electrons. The van der Waals surface area contributed by atoms with Crippen LogP contribution in [0.4, 0.5) is 8.78 Å². The van der Waals surface area contributed by atoms with E-state index in [0.717, 1.165) is 34.9 Å². The first-order valence-corrected chi connectivity index (χ1v) is 9.25. The molecular weight excluding hydrogens is 366 g/mol. The fourth-order valence-electron chi connectivity index (χ4n) is 3.30. The zero-order chi connectivity index (χ0) is 19.0. The van der Waals surface area contributed by atoms with Gasteiger partial charge in [0.15, 0.2) is 0 Å². The number of thiophene rings is 1. The molecule has 6 heteroatoms. The standard InChI is InChI=1S/C21H14F2N2OS/c22-14-7-8-16(17(23)10-14)18(11-24)25-21(26)19-9-13-6-5-12-3-1-2-4-15(12)20(13)27-19/h1-4,7-10,18H,5-6H2,(H,25,26). The van der Waals surface area contributed by atoms with Crippen molar-refractivity contribution in [2.75, 3.05) is 0 Å². The predicted octanol–water partition coefficient (Wildman–Crippen LogP) is 4.79. The third-order valence-corrected chi connectivity index (χ3v) is 5.85. The molecule has 4 rings (SSSR count). The first kappa shape index (κ1) is 17.4. The maximum Gasteiger partial charge on any atom is 0.262 e. The van der Waals surface area contributed by atoms with Gasteiger partial charge in [-0.3, -0.25) is 4.79 Å². The van der Waals surface area contributed by atoms with Crippen molar-refractivity contribution in [3.05, 3.63) is 81.7 Å². The summed E-state index contributed by atoms with van der Waals surface area (Å²) in [5.41, 5.74) is 3.43. The van der Waals surface area contributed by atoms with Gasteiger partial charge < -0.3 is 5.32 Å². The molecule has 3 nitrogen and oxygen atoms in total. The van der Waals surface area contributed by atoms with Crippen LogP contribution in [0.3, 0.4) is 0 Å². The Morgan fingerprint density at radius 3 is 2.67 bits per heavy atom. The van der Waals surface area contributed by atoms with E-state index in [2.05, 4.69) is 11.4 Å². The molecule has 0 fully saturated rings. The number of benzene rings is 2. The Morgan fingerprint density at radius 1 is 1.11 bits per heavy atom. The fourth-order valence-corrected chi connectivity index (χ4v) is 4.47. The van der Waals surface area contributed by atoms with Gasteiger partial charge in [-0.1, -0.05) is 30.3 Å². The van der Waals surface area contributed by atoms with Crippen molar-refractivity contribution in [1.82, 2.24) is 5.32 Å². The van der Waals surface area contributed by atoms with Crippen LogP contribution in [0.2, 0.25) is 0 Å². The van der Waals surface area contributed by atoms with Crippen LogP contribution in [0.1, 0.15) is 32.4 Å². The van der Waals surface area contributed by atoms with Crippen LogP contribution in [0, 0.1) is 23.0 Å². The number of rotatable bonds is 3. The van der Waals surface area contributed by atoms with Crippen LogP contribution >= 0.6 is 11.3 Å². The van der Waals surface area contributed by atoms with Crippen LogP contribution in [-0.4, -0.2) is 5.91 Å². The Morgan fingerprint density at radius 2 is 1.89 bits per heavy atom. The summed E-state index contributed by atoms with van der Waals surface area (Å²) in [6.07, 6.45) is 1.77. The minimum Gasteiger partial charge on any atom is -0.332 e. The van der Waals surface area contributed by atoms with Crippen molar-refractivity contribution in [2.24, 2.45) is 0 Å². The average Bonchev–Trinajstić information content (AvgIpc) is 3.11. The molecule has 0 spiro atoms. The number of nitrogens with one attached hydrogen (secondary N) is 1. The van der Waals surface area contributed by atoms with Crippen molar-refractivity contribution < 1.29 is 13.6 Å². The summed E-state index contributed by atoms with van der Waals surface area (Å²) < 4.78 is 27.0. The van der Waals surface area contributed by atoms with Gasteiger partial charge in [-0.15, -0.1) is 11.3 Å². The number of nitriles is 1. The molecule has 0 saturated heterocycles. The minimum atomic E-state index is -1.19. The van der Waals surface area contributed by atoms with Gasteiger partial charge >= 0.3 is 0 Å². The van der Waals surface area contributed by atoms with Crippen molar-refractivity contribution >= 4 is 17.2 Å². The summed E-state index contributed by atoms with van der Waals surface area (Å²) in [4.78, 5) is 14.2. The Kier molecular flexibility index (Phi) is 4.46. The van der Waals surface area contributed by atoms with Gasteiger partial charge in [0.1, 0.15) is 17.7 Å². The van der Waals surface area contributed by atoms with E-state index < -0.39 is 23.6 Å². The highest BCUT2D eigenvalue weighted by molar-refractivity contribution is 7.17. The largest absolute Gasteiger partial charge is 0.332 e. The highest BCUT2D eigenvalue weighted by Gasteiger charge is 2.24. The molecule has 3 aromatic rings. The lowest BCUT2D eigenvalue weighted by atomic mass is 9.91. The summed E-state index contributed by atoms with van der Waals surface area (Å²) in [7, 11) is 0. The minimum absolute atomic E-state index is 0.0566. The summed E-state index contributed by atoms with van der Waals surface area (Å²) in [5.74, 6) is -2.03. The molecule has 1 aliphatic carbocycles. The lowest BCUT2D eigenvalue weighted by Crippen LogP contribution is -2.27. The van der Waals surface area contributed by atoms with Gasteiger partial charge in [-0.2, -0.15) is 5.26 Å². The van der Waals surface area contributed by atoms with E-state index in [9.17, 15) is 18.8 Å². The smallest absolute Gasteiger partial charge is 0.262 e. The van der Waals surface area contributed by atoms with Crippen LogP contribution in [0.25, 0.3) is 10.4 Å². The van der Waals surface area contributed by atoms with E-state index in [1.54, 1.807) is 0 Å². The number of hydrogen-bond donors (Lipinski definition) is 1. The number of fused-ring (bicyclic) bond motifs is 3. The van der Waals surface area contributed by atoms with Gasteiger partial charge in [0, 0.05) is 16.5 Å². The molecule has 1 aromatic heterocycles. The topological polar surface area (TPSA) is 52.9 Å². The van der Waals surface area contributed by atoms with E-state index in [1.807, 2.05) is 30.3 Å². The van der Waals surface area contributed by atoms with E-state index in [-0.39, 0.29) is 5.56 Å². The van der Waals surface area contributed by atoms with E-state index >= 15 is 0 Å². The molecule has 1 unspecified atom stereocenters. The second kappa shape index (κ2) is 6.93. The first-order chi connectivity index (χ1) is 13.1. The molecule has 1 heterocycles. The molecule has 1 atom stereocenters. The zero-order valence-corrected chi connectivity index (χ0v) is 14.9. The Balaban J connectivity index is 1.61. The zero-order valence-electron chi connectivity index (χ0n) is 14.1. The third-order valence-electron chi connectivity index (χ3n) is 4.64. The van der Waals surface area contributed by atoms with Crippen molar-refractivity contribution in [1.29, 1.82) is 5.26 Å².